The maximum Gasteiger partial charge on any atom is 0.333 e. The minimum atomic E-state index is -4.19. The van der Waals surface area contributed by atoms with Crippen LogP contribution in [0.15, 0.2) is 12.7 Å². The van der Waals surface area contributed by atoms with E-state index in [2.05, 4.69) is 24.5 Å². The fourth-order valence-electron chi connectivity index (χ4n) is 2.67. The van der Waals surface area contributed by atoms with Gasteiger partial charge in [0.25, 0.3) is 0 Å². The van der Waals surface area contributed by atoms with Gasteiger partial charge in [-0.15, -0.1) is 0 Å². The van der Waals surface area contributed by atoms with E-state index in [1.54, 1.807) is 0 Å². The molecule has 0 bridgehead atoms. The molecule has 0 amide bonds. The van der Waals surface area contributed by atoms with Gasteiger partial charge in [-0.3, -0.25) is 8.75 Å². The molecule has 13 heteroatoms. The minimum Gasteiger partial charge on any atom is -0.387 e. The fraction of sp³-hybridized carbons (Fsp3) is 0.615. The standard InChI is InChI=1S/C13H20N6O6S/c1-2-3-15-11-8-12(17-5-16-11)19(6-18-8)13-10(21)9(20)7(25-13)4-24-26(14,22)23/h5-7,9-10,13,20-21H,2-4H2,1H3,(H2,14,22,23)(H,15,16,17)/t7-,9-,10-,13-/m1/s1. The second-order valence-corrected chi connectivity index (χ2v) is 7.02. The largest absolute Gasteiger partial charge is 0.387 e. The maximum atomic E-state index is 10.9. The molecule has 3 rings (SSSR count). The number of aromatic nitrogens is 4. The maximum absolute atomic E-state index is 10.9. The Bertz CT molecular complexity index is 873. The summed E-state index contributed by atoms with van der Waals surface area (Å²) < 4.78 is 33.2. The van der Waals surface area contributed by atoms with Gasteiger partial charge in [-0.25, -0.2) is 20.1 Å². The Morgan fingerprint density at radius 3 is 2.81 bits per heavy atom. The Balaban J connectivity index is 1.84. The molecule has 0 saturated carbocycles. The Kier molecular flexibility index (Phi) is 5.36. The summed E-state index contributed by atoms with van der Waals surface area (Å²) in [6, 6.07) is 0. The van der Waals surface area contributed by atoms with Crippen molar-refractivity contribution in [2.75, 3.05) is 18.5 Å². The molecule has 0 aliphatic carbocycles. The van der Waals surface area contributed by atoms with Crippen LogP contribution in [0, 0.1) is 0 Å². The van der Waals surface area contributed by atoms with Gasteiger partial charge < -0.3 is 20.3 Å². The van der Waals surface area contributed by atoms with Crippen LogP contribution in [0.25, 0.3) is 11.2 Å². The number of nitrogens with zero attached hydrogens (tertiary/aromatic N) is 4. The second-order valence-electron chi connectivity index (χ2n) is 5.80. The summed E-state index contributed by atoms with van der Waals surface area (Å²) in [5, 5.41) is 28.3. The first-order chi connectivity index (χ1) is 12.3. The first-order valence-electron chi connectivity index (χ1n) is 7.92. The highest BCUT2D eigenvalue weighted by molar-refractivity contribution is 7.84. The van der Waals surface area contributed by atoms with Gasteiger partial charge in [0.2, 0.25) is 0 Å². The van der Waals surface area contributed by atoms with Gasteiger partial charge in [0, 0.05) is 6.54 Å². The minimum absolute atomic E-state index is 0.392. The molecule has 1 aliphatic heterocycles. The van der Waals surface area contributed by atoms with Crippen LogP contribution in [0.4, 0.5) is 5.82 Å². The molecule has 144 valence electrons. The van der Waals surface area contributed by atoms with Crippen molar-refractivity contribution in [1.29, 1.82) is 0 Å². The van der Waals surface area contributed by atoms with Crippen LogP contribution in [-0.4, -0.2) is 69.6 Å². The SMILES string of the molecule is CCCNc1ncnc2c1ncn2[C@@H]1O[C@H](COS(N)(=O)=O)[C@@H](O)[C@H]1O. The molecule has 0 unspecified atom stereocenters. The summed E-state index contributed by atoms with van der Waals surface area (Å²) in [5.74, 6) is 0.540. The van der Waals surface area contributed by atoms with Crippen molar-refractivity contribution in [3.8, 4) is 0 Å². The van der Waals surface area contributed by atoms with E-state index in [1.165, 1.54) is 17.2 Å². The van der Waals surface area contributed by atoms with Crippen LogP contribution in [0.1, 0.15) is 19.6 Å². The molecule has 12 nitrogen and oxygen atoms in total. The molecule has 0 radical (unpaired) electrons. The average molecular weight is 388 g/mol. The predicted molar refractivity (Wildman–Crippen MR) is 89.1 cm³/mol. The van der Waals surface area contributed by atoms with Crippen LogP contribution >= 0.6 is 0 Å². The lowest BCUT2D eigenvalue weighted by molar-refractivity contribution is -0.0467. The van der Waals surface area contributed by atoms with E-state index in [0.29, 0.717) is 23.5 Å². The van der Waals surface area contributed by atoms with Crippen molar-refractivity contribution in [3.05, 3.63) is 12.7 Å². The Morgan fingerprint density at radius 2 is 2.12 bits per heavy atom. The number of rotatable bonds is 7. The van der Waals surface area contributed by atoms with Crippen LogP contribution in [0.5, 0.6) is 0 Å². The Hall–Kier alpha value is -1.90. The molecule has 1 fully saturated rings. The van der Waals surface area contributed by atoms with Gasteiger partial charge in [0.05, 0.1) is 12.9 Å². The topological polar surface area (TPSA) is 175 Å². The smallest absolute Gasteiger partial charge is 0.333 e. The highest BCUT2D eigenvalue weighted by atomic mass is 32.2. The monoisotopic (exact) mass is 388 g/mol. The summed E-state index contributed by atoms with van der Waals surface area (Å²) in [5.41, 5.74) is 0.873. The first-order valence-corrected chi connectivity index (χ1v) is 9.39. The summed E-state index contributed by atoms with van der Waals surface area (Å²) in [6.07, 6.45) is -1.20. The van der Waals surface area contributed by atoms with E-state index >= 15 is 0 Å². The lowest BCUT2D eigenvalue weighted by atomic mass is 10.1. The normalized spacial score (nSPS) is 26.5. The summed E-state index contributed by atoms with van der Waals surface area (Å²) >= 11 is 0. The van der Waals surface area contributed by atoms with Gasteiger partial charge in [0.1, 0.15) is 24.6 Å². The molecule has 1 saturated heterocycles. The molecule has 3 heterocycles. The molecule has 4 atom stereocenters. The highest BCUT2D eigenvalue weighted by Gasteiger charge is 2.44. The number of nitrogens with one attached hydrogen (secondary N) is 1. The van der Waals surface area contributed by atoms with Crippen molar-refractivity contribution in [3.63, 3.8) is 0 Å². The van der Waals surface area contributed by atoms with E-state index in [9.17, 15) is 18.6 Å². The summed E-state index contributed by atoms with van der Waals surface area (Å²) in [4.78, 5) is 12.5. The zero-order chi connectivity index (χ0) is 18.9. The molecule has 1 aliphatic rings. The third kappa shape index (κ3) is 3.77. The molecule has 2 aromatic rings. The third-order valence-corrected chi connectivity index (χ3v) is 4.37. The number of aliphatic hydroxyl groups excluding tert-OH is 2. The van der Waals surface area contributed by atoms with Gasteiger partial charge >= 0.3 is 10.3 Å². The zero-order valence-corrected chi connectivity index (χ0v) is 14.7. The molecule has 5 N–H and O–H groups in total. The second kappa shape index (κ2) is 7.38. The van der Waals surface area contributed by atoms with Crippen molar-refractivity contribution >= 4 is 27.3 Å². The van der Waals surface area contributed by atoms with Crippen LogP contribution in [0.2, 0.25) is 0 Å². The lowest BCUT2D eigenvalue weighted by Crippen LogP contribution is -2.35. The van der Waals surface area contributed by atoms with Crippen molar-refractivity contribution in [2.45, 2.75) is 37.9 Å². The van der Waals surface area contributed by atoms with Crippen LogP contribution < -0.4 is 10.5 Å². The number of fused-ring (bicyclic) bond motifs is 1. The van der Waals surface area contributed by atoms with Crippen molar-refractivity contribution in [1.82, 2.24) is 19.5 Å². The molecule has 0 aromatic carbocycles. The summed E-state index contributed by atoms with van der Waals surface area (Å²) in [6.45, 7) is 2.18. The van der Waals surface area contributed by atoms with E-state index < -0.39 is 41.5 Å². The Morgan fingerprint density at radius 1 is 1.35 bits per heavy atom. The molecule has 2 aromatic heterocycles. The number of aliphatic hydroxyl groups is 2. The summed E-state index contributed by atoms with van der Waals surface area (Å²) in [7, 11) is -4.19. The highest BCUT2D eigenvalue weighted by Crippen LogP contribution is 2.32. The van der Waals surface area contributed by atoms with Gasteiger partial charge in [-0.1, -0.05) is 6.92 Å². The van der Waals surface area contributed by atoms with Crippen LogP contribution in [0.3, 0.4) is 0 Å². The third-order valence-electron chi connectivity index (χ3n) is 3.91. The van der Waals surface area contributed by atoms with Crippen molar-refractivity contribution < 1.29 is 27.6 Å². The average Bonchev–Trinajstić information content (AvgIpc) is 3.13. The number of imidazole rings is 1. The quantitative estimate of drug-likeness (QED) is 0.436. The molecule has 0 spiro atoms. The first kappa shape index (κ1) is 18.9. The molecule has 26 heavy (non-hydrogen) atoms. The van der Waals surface area contributed by atoms with E-state index in [1.807, 2.05) is 6.92 Å². The molecular formula is C13H20N6O6S. The van der Waals surface area contributed by atoms with Crippen LogP contribution in [-0.2, 0) is 19.2 Å². The number of ether oxygens (including phenoxy) is 1. The number of hydrogen-bond donors (Lipinski definition) is 4. The number of anilines is 1. The van der Waals surface area contributed by atoms with E-state index in [4.69, 9.17) is 9.88 Å². The van der Waals surface area contributed by atoms with Gasteiger partial charge in [0.15, 0.2) is 23.2 Å². The van der Waals surface area contributed by atoms with Crippen molar-refractivity contribution in [2.24, 2.45) is 5.14 Å². The number of nitrogens with two attached hydrogens (primary N) is 1. The molecular weight excluding hydrogens is 368 g/mol. The zero-order valence-electron chi connectivity index (χ0n) is 13.9. The van der Waals surface area contributed by atoms with E-state index in [0.717, 1.165) is 6.42 Å². The fourth-order valence-corrected chi connectivity index (χ4v) is 2.99. The Labute approximate surface area is 149 Å². The number of hydrogen-bond acceptors (Lipinski definition) is 10. The van der Waals surface area contributed by atoms with Gasteiger partial charge in [-0.05, 0) is 6.42 Å². The van der Waals surface area contributed by atoms with E-state index in [-0.39, 0.29) is 0 Å². The van der Waals surface area contributed by atoms with Gasteiger partial charge in [-0.2, -0.15) is 8.42 Å². The predicted octanol–water partition coefficient (Wildman–Crippen LogP) is -1.51. The lowest BCUT2D eigenvalue weighted by Gasteiger charge is -2.16.